The Hall–Kier alpha value is -3.98. The van der Waals surface area contributed by atoms with Crippen LogP contribution in [0.4, 0.5) is 20.7 Å². The summed E-state index contributed by atoms with van der Waals surface area (Å²) in [5, 5.41) is 17.5. The van der Waals surface area contributed by atoms with Crippen molar-refractivity contribution in [3.8, 4) is 0 Å². The highest BCUT2D eigenvalue weighted by molar-refractivity contribution is 5.91. The van der Waals surface area contributed by atoms with Crippen molar-refractivity contribution in [1.29, 1.82) is 0 Å². The van der Waals surface area contributed by atoms with Crippen LogP contribution in [-0.2, 0) is 9.53 Å². The molecule has 1 unspecified atom stereocenters. The average molecular weight is 535 g/mol. The molecule has 1 heterocycles. The number of aliphatic hydroxyl groups is 1. The highest BCUT2D eigenvalue weighted by atomic mass is 19.1. The predicted molar refractivity (Wildman–Crippen MR) is 150 cm³/mol. The summed E-state index contributed by atoms with van der Waals surface area (Å²) in [6, 6.07) is 6.12. The molecule has 3 amide bonds. The van der Waals surface area contributed by atoms with Gasteiger partial charge in [-0.3, -0.25) is 4.79 Å². The number of rotatable bonds is 10. The summed E-state index contributed by atoms with van der Waals surface area (Å²) in [5.41, 5.74) is 3.96. The van der Waals surface area contributed by atoms with E-state index in [9.17, 15) is 19.1 Å². The number of anilines is 2. The first-order valence-corrected chi connectivity index (χ1v) is 13.0. The van der Waals surface area contributed by atoms with Gasteiger partial charge in [-0.2, -0.15) is 0 Å². The molecule has 2 aromatic rings. The number of benzene rings is 1. The van der Waals surface area contributed by atoms with Crippen molar-refractivity contribution in [2.45, 2.75) is 46.0 Å². The Labute approximate surface area is 228 Å². The molecule has 4 rings (SSSR count). The van der Waals surface area contributed by atoms with Crippen molar-refractivity contribution < 1.29 is 23.8 Å². The molecule has 1 atom stereocenters. The second-order valence-electron chi connectivity index (χ2n) is 10.4. The molecule has 206 valence electrons. The number of amides is 3. The number of allylic oxidation sites excluding steroid dienone is 4. The highest BCUT2D eigenvalue weighted by Crippen LogP contribution is 2.47. The number of aliphatic hydroxyl groups excluding tert-OH is 1. The third-order valence-corrected chi connectivity index (χ3v) is 7.11. The van der Waals surface area contributed by atoms with Gasteiger partial charge in [0.15, 0.2) is 0 Å². The van der Waals surface area contributed by atoms with E-state index in [4.69, 9.17) is 4.74 Å². The molecular formula is C30H35FN4O4. The molecule has 2 aliphatic carbocycles. The van der Waals surface area contributed by atoms with Crippen LogP contribution in [0.2, 0.25) is 0 Å². The largest absolute Gasteiger partial charge is 0.491 e. The van der Waals surface area contributed by atoms with Crippen LogP contribution in [0.15, 0.2) is 60.5 Å². The van der Waals surface area contributed by atoms with Crippen LogP contribution in [0, 0.1) is 18.2 Å². The SMILES string of the molecule is C=C1C(OCCO)=CC(c2cc(NC(=O)NCCC3(C)CC3)c(F)cc2C)=CC1c1ccnc(NC(C)=O)c1. The molecule has 1 aromatic heterocycles. The molecule has 8 nitrogen and oxygen atoms in total. The van der Waals surface area contributed by atoms with Gasteiger partial charge >= 0.3 is 6.03 Å². The van der Waals surface area contributed by atoms with Gasteiger partial charge in [-0.1, -0.05) is 19.6 Å². The second-order valence-corrected chi connectivity index (χ2v) is 10.4. The Morgan fingerprint density at radius 2 is 2.03 bits per heavy atom. The quantitative estimate of drug-likeness (QED) is 0.325. The molecule has 39 heavy (non-hydrogen) atoms. The van der Waals surface area contributed by atoms with Crippen LogP contribution >= 0.6 is 0 Å². The van der Waals surface area contributed by atoms with E-state index in [1.165, 1.54) is 25.8 Å². The summed E-state index contributed by atoms with van der Waals surface area (Å²) < 4.78 is 20.7. The Kier molecular flexibility index (Phi) is 8.50. The van der Waals surface area contributed by atoms with Crippen molar-refractivity contribution in [2.75, 3.05) is 30.4 Å². The molecule has 1 fully saturated rings. The Morgan fingerprint density at radius 1 is 1.26 bits per heavy atom. The van der Waals surface area contributed by atoms with Crippen LogP contribution in [-0.4, -0.2) is 41.8 Å². The first-order valence-electron chi connectivity index (χ1n) is 13.0. The van der Waals surface area contributed by atoms with Gasteiger partial charge in [0.05, 0.1) is 12.3 Å². The number of aryl methyl sites for hydroxylation is 1. The lowest BCUT2D eigenvalue weighted by atomic mass is 9.82. The molecule has 0 bridgehead atoms. The molecule has 0 radical (unpaired) electrons. The molecule has 4 N–H and O–H groups in total. The summed E-state index contributed by atoms with van der Waals surface area (Å²) >= 11 is 0. The zero-order chi connectivity index (χ0) is 28.2. The summed E-state index contributed by atoms with van der Waals surface area (Å²) in [6.45, 7) is 10.0. The predicted octanol–water partition coefficient (Wildman–Crippen LogP) is 5.43. The molecule has 0 saturated heterocycles. The van der Waals surface area contributed by atoms with Crippen molar-refractivity contribution in [3.05, 3.63) is 83.0 Å². The highest BCUT2D eigenvalue weighted by Gasteiger charge is 2.36. The fourth-order valence-corrected chi connectivity index (χ4v) is 4.55. The van der Waals surface area contributed by atoms with E-state index in [0.717, 1.165) is 17.6 Å². The van der Waals surface area contributed by atoms with E-state index in [1.807, 2.05) is 12.1 Å². The van der Waals surface area contributed by atoms with Gasteiger partial charge in [0.2, 0.25) is 5.91 Å². The summed E-state index contributed by atoms with van der Waals surface area (Å²) in [5.74, 6) is -0.233. The van der Waals surface area contributed by atoms with Crippen molar-refractivity contribution >= 4 is 29.0 Å². The number of nitrogens with one attached hydrogen (secondary N) is 3. The first kappa shape index (κ1) is 28.0. The van der Waals surface area contributed by atoms with Crippen LogP contribution in [0.1, 0.15) is 55.7 Å². The van der Waals surface area contributed by atoms with Crippen LogP contribution < -0.4 is 16.0 Å². The number of hydrogen-bond acceptors (Lipinski definition) is 5. The minimum Gasteiger partial charge on any atom is -0.491 e. The average Bonchev–Trinajstić information content (AvgIpc) is 3.61. The summed E-state index contributed by atoms with van der Waals surface area (Å²) in [6.07, 6.45) is 8.59. The van der Waals surface area contributed by atoms with Gasteiger partial charge < -0.3 is 25.8 Å². The maximum atomic E-state index is 14.9. The monoisotopic (exact) mass is 534 g/mol. The zero-order valence-corrected chi connectivity index (χ0v) is 22.6. The lowest BCUT2D eigenvalue weighted by Gasteiger charge is -2.26. The fraction of sp³-hybridized carbons (Fsp3) is 0.367. The van der Waals surface area contributed by atoms with Gasteiger partial charge in [0.1, 0.15) is 24.0 Å². The van der Waals surface area contributed by atoms with Gasteiger partial charge in [0, 0.05) is 25.6 Å². The molecule has 0 aliphatic heterocycles. The van der Waals surface area contributed by atoms with E-state index < -0.39 is 11.8 Å². The van der Waals surface area contributed by atoms with Gasteiger partial charge in [-0.25, -0.2) is 14.2 Å². The molecule has 9 heteroatoms. The number of urea groups is 1. The van der Waals surface area contributed by atoms with E-state index in [0.29, 0.717) is 40.2 Å². The minimum absolute atomic E-state index is 0.0654. The first-order chi connectivity index (χ1) is 18.6. The molecule has 1 aromatic carbocycles. The van der Waals surface area contributed by atoms with Gasteiger partial charge in [-0.15, -0.1) is 0 Å². The van der Waals surface area contributed by atoms with Crippen LogP contribution in [0.5, 0.6) is 0 Å². The van der Waals surface area contributed by atoms with Gasteiger partial charge in [0.25, 0.3) is 0 Å². The van der Waals surface area contributed by atoms with E-state index >= 15 is 0 Å². The van der Waals surface area contributed by atoms with E-state index in [2.05, 4.69) is 34.4 Å². The summed E-state index contributed by atoms with van der Waals surface area (Å²) in [7, 11) is 0. The van der Waals surface area contributed by atoms with Crippen molar-refractivity contribution in [1.82, 2.24) is 10.3 Å². The molecule has 0 spiro atoms. The normalized spacial score (nSPS) is 17.6. The molecule has 1 saturated carbocycles. The lowest BCUT2D eigenvalue weighted by Crippen LogP contribution is -2.30. The smallest absolute Gasteiger partial charge is 0.319 e. The van der Waals surface area contributed by atoms with Crippen LogP contribution in [0.25, 0.3) is 5.57 Å². The number of ether oxygens (including phenoxy) is 1. The number of hydrogen-bond donors (Lipinski definition) is 4. The number of nitrogens with zero attached hydrogens (tertiary/aromatic N) is 1. The number of aromatic nitrogens is 1. The molecule has 2 aliphatic rings. The number of pyridine rings is 1. The number of carbonyl (C=O) groups excluding carboxylic acids is 2. The second kappa shape index (κ2) is 11.8. The Bertz CT molecular complexity index is 1350. The van der Waals surface area contributed by atoms with E-state index in [-0.39, 0.29) is 30.7 Å². The fourth-order valence-electron chi connectivity index (χ4n) is 4.55. The topological polar surface area (TPSA) is 113 Å². The Balaban J connectivity index is 1.64. The third kappa shape index (κ3) is 7.11. The third-order valence-electron chi connectivity index (χ3n) is 7.11. The maximum absolute atomic E-state index is 14.9. The Morgan fingerprint density at radius 3 is 2.72 bits per heavy atom. The van der Waals surface area contributed by atoms with E-state index in [1.54, 1.807) is 31.3 Å². The maximum Gasteiger partial charge on any atom is 0.319 e. The summed E-state index contributed by atoms with van der Waals surface area (Å²) in [4.78, 5) is 28.2. The standard InChI is InChI=1S/C30H35FN4O4/c1-18-13-25(31)26(35-29(38)33-10-8-30(4)6-7-30)17-23(18)22-14-24(19(2)27(15-22)39-12-11-36)21-5-9-32-28(16-21)34-20(3)37/h5,9,13-17,24,36H,2,6-8,10-12H2,1,3-4H3,(H,32,34,37)(H2,33,35,38). The lowest BCUT2D eigenvalue weighted by molar-refractivity contribution is -0.114. The van der Waals surface area contributed by atoms with Crippen LogP contribution in [0.3, 0.4) is 0 Å². The van der Waals surface area contributed by atoms with Gasteiger partial charge in [-0.05, 0) is 89.8 Å². The number of halogens is 1. The van der Waals surface area contributed by atoms with Crippen molar-refractivity contribution in [2.24, 2.45) is 5.41 Å². The molecular weight excluding hydrogens is 499 g/mol. The van der Waals surface area contributed by atoms with Crippen molar-refractivity contribution in [3.63, 3.8) is 0 Å². The minimum atomic E-state index is -0.534. The zero-order valence-electron chi connectivity index (χ0n) is 22.6. The number of carbonyl (C=O) groups is 2.